The van der Waals surface area contributed by atoms with Crippen molar-refractivity contribution in [2.45, 2.75) is 51.5 Å². The maximum absolute atomic E-state index is 5.75. The lowest BCUT2D eigenvalue weighted by Crippen LogP contribution is -1.94. The zero-order valence-corrected chi connectivity index (χ0v) is 15.8. The molecule has 2 heterocycles. The second-order valence-corrected chi connectivity index (χ2v) is 7.44. The molecule has 0 bridgehead atoms. The van der Waals surface area contributed by atoms with Gasteiger partial charge in [0.15, 0.2) is 5.82 Å². The van der Waals surface area contributed by atoms with Gasteiger partial charge in [-0.1, -0.05) is 48.5 Å². The predicted octanol–water partition coefficient (Wildman–Crippen LogP) is 4.62. The Hall–Kier alpha value is -2.15. The maximum Gasteiger partial charge on any atom is 0.277 e. The highest BCUT2D eigenvalue weighted by atomic mass is 32.2. The molecular weight excluding hydrogens is 336 g/mol. The number of hydrogen-bond donors (Lipinski definition) is 0. The van der Waals surface area contributed by atoms with E-state index < -0.39 is 0 Å². The van der Waals surface area contributed by atoms with E-state index in [0.29, 0.717) is 28.7 Å². The molecule has 2 aromatic heterocycles. The Morgan fingerprint density at radius 1 is 1.16 bits per heavy atom. The molecule has 0 saturated heterocycles. The Bertz CT molecular complexity index is 841. The third kappa shape index (κ3) is 4.69. The van der Waals surface area contributed by atoms with Gasteiger partial charge in [0.2, 0.25) is 11.8 Å². The topological polar surface area (TPSA) is 77.8 Å². The summed E-state index contributed by atoms with van der Waals surface area (Å²) in [4.78, 5) is 4.40. The summed E-state index contributed by atoms with van der Waals surface area (Å²) >= 11 is 1.40. The fraction of sp³-hybridized carbons (Fsp3) is 0.444. The van der Waals surface area contributed by atoms with Gasteiger partial charge in [0, 0.05) is 12.0 Å². The molecule has 0 aliphatic heterocycles. The van der Waals surface area contributed by atoms with Crippen LogP contribution in [0, 0.1) is 19.8 Å². The van der Waals surface area contributed by atoms with Gasteiger partial charge in [0.05, 0.1) is 5.75 Å². The van der Waals surface area contributed by atoms with Gasteiger partial charge in [-0.2, -0.15) is 4.98 Å². The molecule has 0 spiro atoms. The summed E-state index contributed by atoms with van der Waals surface area (Å²) < 4.78 is 11.0. The van der Waals surface area contributed by atoms with Crippen LogP contribution >= 0.6 is 11.8 Å². The molecule has 1 aromatic carbocycles. The van der Waals surface area contributed by atoms with Gasteiger partial charge >= 0.3 is 0 Å². The standard InChI is InChI=1S/C18H22N4O2S/c1-11(2)5-8-15-19-16(24-22-15)10-25-18-21-20-17(23-18)14-7-6-12(3)9-13(14)4/h6-7,9,11H,5,8,10H2,1-4H3. The number of rotatable bonds is 7. The summed E-state index contributed by atoms with van der Waals surface area (Å²) in [6, 6.07) is 6.14. The molecule has 0 atom stereocenters. The highest BCUT2D eigenvalue weighted by Gasteiger charge is 2.13. The van der Waals surface area contributed by atoms with Gasteiger partial charge in [0.1, 0.15) is 0 Å². The van der Waals surface area contributed by atoms with E-state index in [2.05, 4.69) is 47.2 Å². The minimum absolute atomic E-state index is 0.497. The van der Waals surface area contributed by atoms with Crippen molar-refractivity contribution in [1.82, 2.24) is 20.3 Å². The zero-order chi connectivity index (χ0) is 17.8. The summed E-state index contributed by atoms with van der Waals surface area (Å²) in [6.07, 6.45) is 1.89. The Labute approximate surface area is 151 Å². The van der Waals surface area contributed by atoms with E-state index >= 15 is 0 Å². The Morgan fingerprint density at radius 3 is 2.76 bits per heavy atom. The number of benzene rings is 1. The van der Waals surface area contributed by atoms with Gasteiger partial charge in [-0.3, -0.25) is 0 Å². The molecule has 3 aromatic rings. The molecule has 6 nitrogen and oxygen atoms in total. The van der Waals surface area contributed by atoms with Crippen molar-refractivity contribution in [1.29, 1.82) is 0 Å². The van der Waals surface area contributed by atoms with E-state index in [1.54, 1.807) is 0 Å². The van der Waals surface area contributed by atoms with E-state index in [4.69, 9.17) is 8.94 Å². The van der Waals surface area contributed by atoms with Crippen molar-refractivity contribution >= 4 is 11.8 Å². The normalized spacial score (nSPS) is 11.4. The fourth-order valence-corrected chi connectivity index (χ4v) is 3.02. The highest BCUT2D eigenvalue weighted by molar-refractivity contribution is 7.98. The van der Waals surface area contributed by atoms with E-state index in [9.17, 15) is 0 Å². The first-order valence-electron chi connectivity index (χ1n) is 8.36. The van der Waals surface area contributed by atoms with Gasteiger partial charge in [-0.25, -0.2) is 0 Å². The first kappa shape index (κ1) is 17.7. The van der Waals surface area contributed by atoms with Gasteiger partial charge < -0.3 is 8.94 Å². The van der Waals surface area contributed by atoms with Crippen LogP contribution in [0.5, 0.6) is 0 Å². The van der Waals surface area contributed by atoms with Crippen LogP contribution < -0.4 is 0 Å². The fourth-order valence-electron chi connectivity index (χ4n) is 2.42. The zero-order valence-electron chi connectivity index (χ0n) is 14.9. The summed E-state index contributed by atoms with van der Waals surface area (Å²) in [5, 5.41) is 12.7. The van der Waals surface area contributed by atoms with Crippen LogP contribution in [-0.2, 0) is 12.2 Å². The van der Waals surface area contributed by atoms with Crippen molar-refractivity contribution in [3.8, 4) is 11.5 Å². The van der Waals surface area contributed by atoms with E-state index in [0.717, 1.165) is 29.8 Å². The quantitative estimate of drug-likeness (QED) is 0.570. The lowest BCUT2D eigenvalue weighted by Gasteiger charge is -2.01. The van der Waals surface area contributed by atoms with E-state index in [-0.39, 0.29) is 0 Å². The number of aryl methyl sites for hydroxylation is 3. The number of aromatic nitrogens is 4. The largest absolute Gasteiger partial charge is 0.411 e. The molecule has 0 aliphatic carbocycles. The predicted molar refractivity (Wildman–Crippen MR) is 96.2 cm³/mol. The average molecular weight is 358 g/mol. The summed E-state index contributed by atoms with van der Waals surface area (Å²) in [5.74, 6) is 3.01. The van der Waals surface area contributed by atoms with E-state index in [1.165, 1.54) is 17.3 Å². The smallest absolute Gasteiger partial charge is 0.277 e. The molecule has 0 N–H and O–H groups in total. The van der Waals surface area contributed by atoms with Crippen LogP contribution in [0.2, 0.25) is 0 Å². The third-order valence-corrected chi connectivity index (χ3v) is 4.60. The average Bonchev–Trinajstić information content (AvgIpc) is 3.20. The SMILES string of the molecule is Cc1ccc(-c2nnc(SCc3nc(CCC(C)C)no3)o2)c(C)c1. The van der Waals surface area contributed by atoms with Crippen LogP contribution in [0.4, 0.5) is 0 Å². The van der Waals surface area contributed by atoms with Crippen molar-refractivity contribution in [2.24, 2.45) is 5.92 Å². The van der Waals surface area contributed by atoms with Crippen molar-refractivity contribution < 1.29 is 8.94 Å². The first-order chi connectivity index (χ1) is 12.0. The molecule has 3 rings (SSSR count). The van der Waals surface area contributed by atoms with Crippen LogP contribution in [0.25, 0.3) is 11.5 Å². The molecule has 0 saturated carbocycles. The monoisotopic (exact) mass is 358 g/mol. The van der Waals surface area contributed by atoms with E-state index in [1.807, 2.05) is 19.1 Å². The molecular formula is C18H22N4O2S. The van der Waals surface area contributed by atoms with Crippen LogP contribution in [0.15, 0.2) is 32.4 Å². The molecule has 0 fully saturated rings. The van der Waals surface area contributed by atoms with Gasteiger partial charge in [-0.15, -0.1) is 10.2 Å². The minimum Gasteiger partial charge on any atom is -0.411 e. The molecule has 0 aliphatic rings. The van der Waals surface area contributed by atoms with Gasteiger partial charge in [-0.05, 0) is 37.8 Å². The minimum atomic E-state index is 0.497. The van der Waals surface area contributed by atoms with Crippen molar-refractivity contribution in [3.05, 3.63) is 41.0 Å². The van der Waals surface area contributed by atoms with Crippen molar-refractivity contribution in [3.63, 3.8) is 0 Å². The number of thioether (sulfide) groups is 1. The van der Waals surface area contributed by atoms with Crippen LogP contribution in [-0.4, -0.2) is 20.3 Å². The Morgan fingerprint density at radius 2 is 2.00 bits per heavy atom. The first-order valence-corrected chi connectivity index (χ1v) is 9.35. The molecule has 0 radical (unpaired) electrons. The molecule has 0 unspecified atom stereocenters. The lowest BCUT2D eigenvalue weighted by molar-refractivity contribution is 0.382. The Balaban J connectivity index is 1.60. The second-order valence-electron chi connectivity index (χ2n) is 6.52. The maximum atomic E-state index is 5.75. The highest BCUT2D eigenvalue weighted by Crippen LogP contribution is 2.27. The lowest BCUT2D eigenvalue weighted by atomic mass is 10.1. The van der Waals surface area contributed by atoms with Crippen LogP contribution in [0.1, 0.15) is 43.1 Å². The summed E-state index contributed by atoms with van der Waals surface area (Å²) in [5.41, 5.74) is 3.28. The molecule has 7 heteroatoms. The second kappa shape index (κ2) is 7.82. The summed E-state index contributed by atoms with van der Waals surface area (Å²) in [6.45, 7) is 8.46. The molecule has 25 heavy (non-hydrogen) atoms. The molecule has 132 valence electrons. The van der Waals surface area contributed by atoms with Gasteiger partial charge in [0.25, 0.3) is 5.22 Å². The molecule has 0 amide bonds. The third-order valence-electron chi connectivity index (χ3n) is 3.79. The van der Waals surface area contributed by atoms with Crippen molar-refractivity contribution in [2.75, 3.05) is 0 Å². The number of nitrogens with zero attached hydrogens (tertiary/aromatic N) is 4. The van der Waals surface area contributed by atoms with Crippen LogP contribution in [0.3, 0.4) is 0 Å². The number of hydrogen-bond acceptors (Lipinski definition) is 7. The Kier molecular flexibility index (Phi) is 5.53. The summed E-state index contributed by atoms with van der Waals surface area (Å²) in [7, 11) is 0.